The summed E-state index contributed by atoms with van der Waals surface area (Å²) >= 11 is 0. The zero-order valence-electron chi connectivity index (χ0n) is 12.5. The first-order valence-electron chi connectivity index (χ1n) is 7.39. The highest BCUT2D eigenvalue weighted by Gasteiger charge is 2.18. The van der Waals surface area contributed by atoms with E-state index in [0.29, 0.717) is 0 Å². The van der Waals surface area contributed by atoms with Gasteiger partial charge in [-0.15, -0.1) is 0 Å². The highest BCUT2D eigenvalue weighted by atomic mass is 16.7. The van der Waals surface area contributed by atoms with Crippen LogP contribution in [0.3, 0.4) is 0 Å². The van der Waals surface area contributed by atoms with Gasteiger partial charge in [0, 0.05) is 17.0 Å². The van der Waals surface area contributed by atoms with E-state index in [1.807, 2.05) is 30.3 Å². The van der Waals surface area contributed by atoms with E-state index >= 15 is 0 Å². The Morgan fingerprint density at radius 3 is 2.30 bits per heavy atom. The van der Waals surface area contributed by atoms with Gasteiger partial charge < -0.3 is 18.9 Å². The molecular formula is C18H13NO4. The van der Waals surface area contributed by atoms with E-state index in [1.165, 1.54) is 0 Å². The van der Waals surface area contributed by atoms with Gasteiger partial charge in [-0.25, -0.2) is 4.98 Å². The Balaban J connectivity index is 1.69. The van der Waals surface area contributed by atoms with Gasteiger partial charge in [0.1, 0.15) is 0 Å². The van der Waals surface area contributed by atoms with Crippen LogP contribution in [0.15, 0.2) is 36.4 Å². The van der Waals surface area contributed by atoms with Gasteiger partial charge in [0.2, 0.25) is 13.6 Å². The van der Waals surface area contributed by atoms with Crippen molar-refractivity contribution in [2.75, 3.05) is 13.6 Å². The Bertz CT molecular complexity index is 951. The van der Waals surface area contributed by atoms with E-state index in [0.717, 1.165) is 50.7 Å². The molecule has 0 spiro atoms. The summed E-state index contributed by atoms with van der Waals surface area (Å²) in [4.78, 5) is 4.78. The molecular weight excluding hydrogens is 294 g/mol. The fourth-order valence-electron chi connectivity index (χ4n) is 2.99. The molecule has 5 rings (SSSR count). The molecule has 1 aromatic heterocycles. The van der Waals surface area contributed by atoms with Crippen molar-refractivity contribution < 1.29 is 18.9 Å². The minimum absolute atomic E-state index is 0.264. The van der Waals surface area contributed by atoms with E-state index in [2.05, 4.69) is 13.0 Å². The second kappa shape index (κ2) is 4.52. The summed E-state index contributed by atoms with van der Waals surface area (Å²) in [6, 6.07) is 11.9. The van der Waals surface area contributed by atoms with Crippen molar-refractivity contribution in [3.63, 3.8) is 0 Å². The molecule has 114 valence electrons. The van der Waals surface area contributed by atoms with Crippen LogP contribution in [-0.2, 0) is 0 Å². The summed E-state index contributed by atoms with van der Waals surface area (Å²) in [6.45, 7) is 2.61. The molecule has 23 heavy (non-hydrogen) atoms. The van der Waals surface area contributed by atoms with Gasteiger partial charge in [0.15, 0.2) is 23.0 Å². The molecule has 5 heteroatoms. The molecule has 0 aliphatic carbocycles. The number of hydrogen-bond donors (Lipinski definition) is 0. The molecule has 2 aromatic carbocycles. The lowest BCUT2D eigenvalue weighted by Gasteiger charge is -2.08. The van der Waals surface area contributed by atoms with Crippen LogP contribution in [0.25, 0.3) is 22.2 Å². The maximum atomic E-state index is 5.45. The third kappa shape index (κ3) is 1.90. The van der Waals surface area contributed by atoms with Gasteiger partial charge in [-0.2, -0.15) is 0 Å². The second-order valence-electron chi connectivity index (χ2n) is 5.62. The van der Waals surface area contributed by atoms with Crippen LogP contribution >= 0.6 is 0 Å². The summed E-state index contributed by atoms with van der Waals surface area (Å²) < 4.78 is 21.7. The zero-order chi connectivity index (χ0) is 15.4. The lowest BCUT2D eigenvalue weighted by atomic mass is 10.0. The maximum Gasteiger partial charge on any atom is 0.231 e. The van der Waals surface area contributed by atoms with E-state index in [4.69, 9.17) is 23.9 Å². The lowest BCUT2D eigenvalue weighted by Crippen LogP contribution is -1.93. The number of aromatic nitrogens is 1. The number of rotatable bonds is 1. The first-order valence-corrected chi connectivity index (χ1v) is 7.39. The minimum Gasteiger partial charge on any atom is -0.454 e. The summed E-state index contributed by atoms with van der Waals surface area (Å²) in [6.07, 6.45) is 0. The zero-order valence-corrected chi connectivity index (χ0v) is 12.5. The number of nitrogens with zero attached hydrogens (tertiary/aromatic N) is 1. The lowest BCUT2D eigenvalue weighted by molar-refractivity contribution is 0.173. The van der Waals surface area contributed by atoms with Crippen molar-refractivity contribution in [3.8, 4) is 34.3 Å². The van der Waals surface area contributed by atoms with Crippen molar-refractivity contribution in [2.45, 2.75) is 6.92 Å². The monoisotopic (exact) mass is 307 g/mol. The molecule has 0 bridgehead atoms. The van der Waals surface area contributed by atoms with Crippen LogP contribution in [0.4, 0.5) is 0 Å². The summed E-state index contributed by atoms with van der Waals surface area (Å²) in [7, 11) is 0. The Morgan fingerprint density at radius 2 is 1.48 bits per heavy atom. The van der Waals surface area contributed by atoms with Crippen LogP contribution in [0, 0.1) is 6.92 Å². The molecule has 2 aliphatic rings. The van der Waals surface area contributed by atoms with Gasteiger partial charge >= 0.3 is 0 Å². The van der Waals surface area contributed by atoms with Crippen LogP contribution in [0.5, 0.6) is 23.0 Å². The number of ether oxygens (including phenoxy) is 4. The van der Waals surface area contributed by atoms with E-state index < -0.39 is 0 Å². The summed E-state index contributed by atoms with van der Waals surface area (Å²) in [5.41, 5.74) is 3.92. The number of benzene rings is 2. The molecule has 5 nitrogen and oxygen atoms in total. The Labute approximate surface area is 132 Å². The van der Waals surface area contributed by atoms with Gasteiger partial charge in [-0.05, 0) is 42.8 Å². The highest BCUT2D eigenvalue weighted by molar-refractivity contribution is 5.88. The van der Waals surface area contributed by atoms with Crippen molar-refractivity contribution in [2.24, 2.45) is 0 Å². The van der Waals surface area contributed by atoms with Crippen LogP contribution in [-0.4, -0.2) is 18.6 Å². The third-order valence-corrected chi connectivity index (χ3v) is 4.18. The molecule has 0 atom stereocenters. The van der Waals surface area contributed by atoms with Crippen molar-refractivity contribution in [1.29, 1.82) is 0 Å². The van der Waals surface area contributed by atoms with E-state index in [9.17, 15) is 0 Å². The second-order valence-corrected chi connectivity index (χ2v) is 5.62. The topological polar surface area (TPSA) is 49.8 Å². The fourth-order valence-corrected chi connectivity index (χ4v) is 2.99. The Hall–Kier alpha value is -2.95. The van der Waals surface area contributed by atoms with Crippen LogP contribution in [0.2, 0.25) is 0 Å². The summed E-state index contributed by atoms with van der Waals surface area (Å²) in [5, 5.41) is 1.07. The molecule has 0 saturated heterocycles. The maximum absolute atomic E-state index is 5.45. The molecule has 0 N–H and O–H groups in total. The largest absolute Gasteiger partial charge is 0.454 e. The molecule has 3 aromatic rings. The first-order chi connectivity index (χ1) is 11.3. The summed E-state index contributed by atoms with van der Waals surface area (Å²) in [5.74, 6) is 3.05. The van der Waals surface area contributed by atoms with Crippen molar-refractivity contribution in [3.05, 3.63) is 42.0 Å². The predicted octanol–water partition coefficient (Wildman–Crippen LogP) is 3.67. The first kappa shape index (κ1) is 12.6. The van der Waals surface area contributed by atoms with Gasteiger partial charge in [0.25, 0.3) is 0 Å². The minimum atomic E-state index is 0.264. The van der Waals surface area contributed by atoms with Gasteiger partial charge in [0.05, 0.1) is 11.2 Å². The Morgan fingerprint density at radius 1 is 0.783 bits per heavy atom. The predicted molar refractivity (Wildman–Crippen MR) is 84.2 cm³/mol. The van der Waals surface area contributed by atoms with Gasteiger partial charge in [-0.3, -0.25) is 0 Å². The molecule has 0 fully saturated rings. The molecule has 3 heterocycles. The van der Waals surface area contributed by atoms with Crippen LogP contribution < -0.4 is 18.9 Å². The third-order valence-electron chi connectivity index (χ3n) is 4.18. The highest BCUT2D eigenvalue weighted by Crippen LogP contribution is 2.39. The number of fused-ring (bicyclic) bond motifs is 3. The number of aryl methyl sites for hydroxylation is 1. The number of pyridine rings is 1. The Kier molecular flexibility index (Phi) is 2.47. The van der Waals surface area contributed by atoms with Gasteiger partial charge in [-0.1, -0.05) is 0 Å². The van der Waals surface area contributed by atoms with E-state index in [1.54, 1.807) is 0 Å². The normalized spacial score (nSPS) is 14.5. The molecule has 2 aliphatic heterocycles. The average Bonchev–Trinajstić information content (AvgIpc) is 3.20. The van der Waals surface area contributed by atoms with Crippen molar-refractivity contribution >= 4 is 10.9 Å². The number of hydrogen-bond acceptors (Lipinski definition) is 5. The smallest absolute Gasteiger partial charge is 0.231 e. The SMILES string of the molecule is Cc1cc(-c2ccc3c(c2)OCO3)nc2cc3c(cc12)OCO3. The quantitative estimate of drug-likeness (QED) is 0.686. The molecule has 0 amide bonds. The fraction of sp³-hybridized carbons (Fsp3) is 0.167. The standard InChI is InChI=1S/C18H13NO4/c1-10-4-13(11-2-3-15-16(5-11)21-8-20-15)19-14-7-18-17(6-12(10)14)22-9-23-18/h2-7H,8-9H2,1H3. The average molecular weight is 307 g/mol. The molecule has 0 saturated carbocycles. The molecule has 0 radical (unpaired) electrons. The van der Waals surface area contributed by atoms with Crippen LogP contribution in [0.1, 0.15) is 5.56 Å². The molecule has 0 unspecified atom stereocenters. The van der Waals surface area contributed by atoms with E-state index in [-0.39, 0.29) is 13.6 Å². The van der Waals surface area contributed by atoms with Crippen molar-refractivity contribution in [1.82, 2.24) is 4.98 Å².